The molecule has 1 aliphatic heterocycles. The maximum absolute atomic E-state index is 13.9. The zero-order valence-electron chi connectivity index (χ0n) is 17.6. The van der Waals surface area contributed by atoms with Gasteiger partial charge in [-0.25, -0.2) is 13.8 Å². The molecule has 0 bridgehead atoms. The number of aromatic nitrogens is 1. The Hall–Kier alpha value is -3.01. The molecule has 1 aromatic heterocycles. The molecule has 2 atom stereocenters. The van der Waals surface area contributed by atoms with Crippen molar-refractivity contribution in [1.82, 2.24) is 10.3 Å². The Bertz CT molecular complexity index is 1170. The number of hydrogen-bond acceptors (Lipinski definition) is 3. The average Bonchev–Trinajstić information content (AvgIpc) is 3.00. The Labute approximate surface area is 189 Å². The Kier molecular flexibility index (Phi) is 6.64. The number of para-hydroxylation sites is 1. The van der Waals surface area contributed by atoms with Gasteiger partial charge in [-0.15, -0.1) is 0 Å². The van der Waals surface area contributed by atoms with Crippen LogP contribution in [0.2, 0.25) is 6.04 Å². The lowest BCUT2D eigenvalue weighted by Gasteiger charge is -2.21. The van der Waals surface area contributed by atoms with Crippen molar-refractivity contribution in [3.05, 3.63) is 71.4 Å². The Balaban J connectivity index is 1.46. The first-order chi connectivity index (χ1) is 15.7. The second kappa shape index (κ2) is 9.46. The lowest BCUT2D eigenvalue weighted by atomic mass is 10.1. The first kappa shape index (κ1) is 23.2. The molecule has 0 saturated carbocycles. The Morgan fingerprint density at radius 2 is 1.82 bits per heavy atom. The standard InChI is InChI=1S/C23H22F5N3OSi/c24-16-6-3-5-15(21(16)25)22(32)31-20-9-8-13(10-11-33-20)29-18-12-19(23(26,27)28)30-17-7-2-1-4-14(17)18/h1-7,12-13,20H,8-11,33H2,(H,29,30)(H,31,32)/t13-,20-/m1/s1. The monoisotopic (exact) mass is 479 g/mol. The number of halogens is 5. The van der Waals surface area contributed by atoms with Crippen LogP contribution in [-0.4, -0.2) is 32.1 Å². The largest absolute Gasteiger partial charge is 0.433 e. The fourth-order valence-electron chi connectivity index (χ4n) is 4.19. The Morgan fingerprint density at radius 3 is 2.61 bits per heavy atom. The van der Waals surface area contributed by atoms with Crippen molar-refractivity contribution in [3.8, 4) is 0 Å². The summed E-state index contributed by atoms with van der Waals surface area (Å²) in [6.45, 7) is 0. The molecule has 3 aromatic rings. The van der Waals surface area contributed by atoms with Crippen LogP contribution in [0.25, 0.3) is 10.9 Å². The summed E-state index contributed by atoms with van der Waals surface area (Å²) in [5.41, 5.74) is -0.740. The van der Waals surface area contributed by atoms with E-state index in [2.05, 4.69) is 15.6 Å². The summed E-state index contributed by atoms with van der Waals surface area (Å²) in [5.74, 6) is -2.89. The highest BCUT2D eigenvalue weighted by atomic mass is 28.2. The molecule has 2 N–H and O–H groups in total. The van der Waals surface area contributed by atoms with Gasteiger partial charge in [0.25, 0.3) is 5.91 Å². The summed E-state index contributed by atoms with van der Waals surface area (Å²) in [7, 11) is -0.755. The Morgan fingerprint density at radius 1 is 1.03 bits per heavy atom. The SMILES string of the molecule is O=C(N[C@H]1CC[C@@H](Nc2cc(C(F)(F)F)nc3ccccc23)CC[SiH2]1)c1cccc(F)c1F. The molecule has 1 fully saturated rings. The van der Waals surface area contributed by atoms with Gasteiger partial charge in [0.2, 0.25) is 0 Å². The number of anilines is 1. The number of benzene rings is 2. The number of fused-ring (bicyclic) bond motifs is 1. The molecule has 4 nitrogen and oxygen atoms in total. The number of amides is 1. The molecule has 0 aliphatic carbocycles. The van der Waals surface area contributed by atoms with Crippen molar-refractivity contribution < 1.29 is 26.7 Å². The number of pyridine rings is 1. The van der Waals surface area contributed by atoms with Gasteiger partial charge in [-0.3, -0.25) is 4.79 Å². The van der Waals surface area contributed by atoms with Gasteiger partial charge in [0.15, 0.2) is 11.6 Å². The van der Waals surface area contributed by atoms with Crippen LogP contribution in [0, 0.1) is 11.6 Å². The van der Waals surface area contributed by atoms with Gasteiger partial charge in [0, 0.05) is 32.3 Å². The highest BCUT2D eigenvalue weighted by Gasteiger charge is 2.33. The van der Waals surface area contributed by atoms with Crippen LogP contribution in [0.15, 0.2) is 48.5 Å². The first-order valence-electron chi connectivity index (χ1n) is 10.7. The maximum Gasteiger partial charge on any atom is 0.433 e. The van der Waals surface area contributed by atoms with Crippen LogP contribution in [0.1, 0.15) is 35.3 Å². The molecule has 2 aromatic carbocycles. The smallest absolute Gasteiger partial charge is 0.382 e. The topological polar surface area (TPSA) is 54.0 Å². The first-order valence-corrected chi connectivity index (χ1v) is 12.5. The molecule has 0 radical (unpaired) electrons. The van der Waals surface area contributed by atoms with Crippen LogP contribution < -0.4 is 10.6 Å². The summed E-state index contributed by atoms with van der Waals surface area (Å²) < 4.78 is 67.3. The van der Waals surface area contributed by atoms with Gasteiger partial charge < -0.3 is 10.6 Å². The van der Waals surface area contributed by atoms with E-state index in [1.807, 2.05) is 0 Å². The predicted octanol–water partition coefficient (Wildman–Crippen LogP) is 4.84. The van der Waals surface area contributed by atoms with E-state index < -0.39 is 38.9 Å². The number of hydrogen-bond donors (Lipinski definition) is 2. The number of alkyl halides is 3. The number of carbonyl (C=O) groups excluding carboxylic acids is 1. The summed E-state index contributed by atoms with van der Waals surface area (Å²) in [5, 5.41) is 6.68. The normalized spacial score (nSPS) is 19.9. The van der Waals surface area contributed by atoms with E-state index in [-0.39, 0.29) is 22.8 Å². The number of carbonyl (C=O) groups is 1. The molecule has 0 unspecified atom stereocenters. The number of rotatable bonds is 4. The van der Waals surface area contributed by atoms with Crippen molar-refractivity contribution in [2.45, 2.75) is 43.2 Å². The van der Waals surface area contributed by atoms with Gasteiger partial charge in [0.1, 0.15) is 5.69 Å². The van der Waals surface area contributed by atoms with Gasteiger partial charge in [0.05, 0.1) is 11.1 Å². The van der Waals surface area contributed by atoms with E-state index in [0.29, 0.717) is 23.9 Å². The van der Waals surface area contributed by atoms with Crippen LogP contribution in [0.4, 0.5) is 27.6 Å². The third kappa shape index (κ3) is 5.32. The third-order valence-corrected chi connectivity index (χ3v) is 7.99. The van der Waals surface area contributed by atoms with Crippen molar-refractivity contribution in [2.24, 2.45) is 0 Å². The van der Waals surface area contributed by atoms with E-state index in [1.165, 1.54) is 12.1 Å². The minimum absolute atomic E-state index is 0.0720. The molecule has 2 heterocycles. The minimum atomic E-state index is -4.56. The van der Waals surface area contributed by atoms with E-state index in [4.69, 9.17) is 0 Å². The lowest BCUT2D eigenvalue weighted by Crippen LogP contribution is -2.39. The molecule has 1 aliphatic rings. The van der Waals surface area contributed by atoms with Crippen LogP contribution >= 0.6 is 0 Å². The van der Waals surface area contributed by atoms with Crippen LogP contribution in [0.5, 0.6) is 0 Å². The molecule has 33 heavy (non-hydrogen) atoms. The summed E-state index contributed by atoms with van der Waals surface area (Å²) in [6.07, 6.45) is -2.56. The molecular weight excluding hydrogens is 457 g/mol. The molecule has 174 valence electrons. The predicted molar refractivity (Wildman–Crippen MR) is 119 cm³/mol. The average molecular weight is 480 g/mol. The summed E-state index contributed by atoms with van der Waals surface area (Å²) >= 11 is 0. The summed E-state index contributed by atoms with van der Waals surface area (Å²) in [6, 6.07) is 12.0. The fourth-order valence-corrected chi connectivity index (χ4v) is 6.27. The zero-order valence-corrected chi connectivity index (χ0v) is 19.0. The second-order valence-electron chi connectivity index (χ2n) is 8.19. The number of nitrogens with one attached hydrogen (secondary N) is 2. The van der Waals surface area contributed by atoms with Crippen molar-refractivity contribution >= 4 is 32.0 Å². The van der Waals surface area contributed by atoms with Crippen molar-refractivity contribution in [1.29, 1.82) is 0 Å². The molecule has 0 spiro atoms. The molecular formula is C23H22F5N3OSi. The molecule has 1 saturated heterocycles. The molecule has 1 amide bonds. The maximum atomic E-state index is 13.9. The van der Waals surface area contributed by atoms with Gasteiger partial charge in [-0.1, -0.05) is 30.3 Å². The number of nitrogens with zero attached hydrogens (tertiary/aromatic N) is 1. The van der Waals surface area contributed by atoms with Gasteiger partial charge >= 0.3 is 6.18 Å². The van der Waals surface area contributed by atoms with Crippen LogP contribution in [-0.2, 0) is 6.18 Å². The third-order valence-electron chi connectivity index (χ3n) is 5.87. The summed E-state index contributed by atoms with van der Waals surface area (Å²) in [4.78, 5) is 16.2. The quantitative estimate of drug-likeness (QED) is 0.416. The molecule has 4 rings (SSSR count). The van der Waals surface area contributed by atoms with E-state index in [9.17, 15) is 26.7 Å². The second-order valence-corrected chi connectivity index (χ2v) is 10.5. The van der Waals surface area contributed by atoms with Crippen molar-refractivity contribution in [2.75, 3.05) is 5.32 Å². The van der Waals surface area contributed by atoms with E-state index in [1.54, 1.807) is 24.3 Å². The minimum Gasteiger partial charge on any atom is -0.382 e. The van der Waals surface area contributed by atoms with Crippen LogP contribution in [0.3, 0.4) is 0 Å². The van der Waals surface area contributed by atoms with Gasteiger partial charge in [-0.2, -0.15) is 13.2 Å². The van der Waals surface area contributed by atoms with Gasteiger partial charge in [-0.05, 0) is 43.5 Å². The highest BCUT2D eigenvalue weighted by Crippen LogP contribution is 2.34. The van der Waals surface area contributed by atoms with E-state index in [0.717, 1.165) is 24.6 Å². The zero-order chi connectivity index (χ0) is 23.6. The fraction of sp³-hybridized carbons (Fsp3) is 0.304. The molecule has 10 heteroatoms. The lowest BCUT2D eigenvalue weighted by molar-refractivity contribution is -0.140. The van der Waals surface area contributed by atoms with E-state index >= 15 is 0 Å². The highest BCUT2D eigenvalue weighted by molar-refractivity contribution is 6.38. The van der Waals surface area contributed by atoms with Crippen molar-refractivity contribution in [3.63, 3.8) is 0 Å².